The smallest absolute Gasteiger partial charge is 0.462 e. The van der Waals surface area contributed by atoms with E-state index in [9.17, 15) is 19.0 Å². The van der Waals surface area contributed by atoms with Crippen molar-refractivity contribution >= 4 is 19.8 Å². The maximum absolute atomic E-state index is 12.7. The summed E-state index contributed by atoms with van der Waals surface area (Å²) in [6, 6.07) is 0. The third kappa shape index (κ3) is 45.5. The molecule has 1 N–H and O–H groups in total. The summed E-state index contributed by atoms with van der Waals surface area (Å²) in [5.41, 5.74) is 0. The van der Waals surface area contributed by atoms with Gasteiger partial charge in [-0.2, -0.15) is 0 Å². The summed E-state index contributed by atoms with van der Waals surface area (Å²) in [6.45, 7) is 4.36. The molecule has 0 saturated carbocycles. The molecule has 0 saturated heterocycles. The van der Waals surface area contributed by atoms with E-state index in [2.05, 4.69) is 62.5 Å². The van der Waals surface area contributed by atoms with E-state index in [0.29, 0.717) is 17.4 Å². The van der Waals surface area contributed by atoms with Crippen molar-refractivity contribution in [2.24, 2.45) is 0 Å². The number of allylic oxidation sites excluding steroid dienone is 8. The Morgan fingerprint density at radius 3 is 1.40 bits per heavy atom. The van der Waals surface area contributed by atoms with Gasteiger partial charge in [-0.1, -0.05) is 172 Å². The minimum atomic E-state index is -4.38. The molecule has 0 heterocycles. The lowest BCUT2D eigenvalue weighted by Gasteiger charge is -2.24. The first-order valence-electron chi connectivity index (χ1n) is 24.4. The molecule has 0 radical (unpaired) electrons. The Balaban J connectivity index is 4.21. The Hall–Kier alpha value is -2.03. The number of carbonyl (C=O) groups is 2. The van der Waals surface area contributed by atoms with Crippen molar-refractivity contribution in [3.05, 3.63) is 48.6 Å². The number of phosphoric ester groups is 1. The molecule has 0 rings (SSSR count). The summed E-state index contributed by atoms with van der Waals surface area (Å²) in [7, 11) is 1.47. The normalized spacial score (nSPS) is 13.9. The Kier molecular flexibility index (Phi) is 40.8. The Labute approximate surface area is 369 Å². The van der Waals surface area contributed by atoms with Crippen LogP contribution in [0.5, 0.6) is 0 Å². The van der Waals surface area contributed by atoms with E-state index < -0.39 is 26.5 Å². The molecular formula is C50H93NO8P+. The number of carbonyl (C=O) groups excluding carboxylic acids is 2. The van der Waals surface area contributed by atoms with Gasteiger partial charge in [0.1, 0.15) is 19.8 Å². The van der Waals surface area contributed by atoms with Gasteiger partial charge in [0, 0.05) is 12.8 Å². The number of phosphoric acid groups is 1. The van der Waals surface area contributed by atoms with Crippen LogP contribution in [0.4, 0.5) is 0 Å². The number of nitrogens with zero attached hydrogens (tertiary/aromatic N) is 1. The van der Waals surface area contributed by atoms with Crippen LogP contribution in [0.1, 0.15) is 206 Å². The lowest BCUT2D eigenvalue weighted by atomic mass is 10.0. The summed E-state index contributed by atoms with van der Waals surface area (Å²) in [5.74, 6) is -0.814. The predicted octanol–water partition coefficient (Wildman–Crippen LogP) is 14.2. The van der Waals surface area contributed by atoms with E-state index in [1.807, 2.05) is 21.1 Å². The van der Waals surface area contributed by atoms with Crippen LogP contribution in [0.2, 0.25) is 0 Å². The molecule has 10 heteroatoms. The molecule has 0 aromatic heterocycles. The van der Waals surface area contributed by atoms with Crippen molar-refractivity contribution in [2.75, 3.05) is 47.5 Å². The lowest BCUT2D eigenvalue weighted by Crippen LogP contribution is -2.37. The van der Waals surface area contributed by atoms with Gasteiger partial charge >= 0.3 is 19.8 Å². The molecule has 2 unspecified atom stereocenters. The van der Waals surface area contributed by atoms with E-state index in [0.717, 1.165) is 77.0 Å². The van der Waals surface area contributed by atoms with Crippen LogP contribution in [-0.4, -0.2) is 74.9 Å². The lowest BCUT2D eigenvalue weighted by molar-refractivity contribution is -0.870. The van der Waals surface area contributed by atoms with Crippen LogP contribution in [0.25, 0.3) is 0 Å². The summed E-state index contributed by atoms with van der Waals surface area (Å²) < 4.78 is 34.3. The maximum atomic E-state index is 12.7. The third-order valence-electron chi connectivity index (χ3n) is 10.3. The first-order valence-corrected chi connectivity index (χ1v) is 25.9. The molecule has 350 valence electrons. The average molecular weight is 867 g/mol. The number of esters is 2. The highest BCUT2D eigenvalue weighted by Gasteiger charge is 2.27. The van der Waals surface area contributed by atoms with Crippen LogP contribution >= 0.6 is 7.82 Å². The predicted molar refractivity (Wildman–Crippen MR) is 252 cm³/mol. The van der Waals surface area contributed by atoms with Crippen LogP contribution in [-0.2, 0) is 32.7 Å². The van der Waals surface area contributed by atoms with Gasteiger partial charge in [-0.25, -0.2) is 4.57 Å². The highest BCUT2D eigenvalue weighted by molar-refractivity contribution is 7.47. The van der Waals surface area contributed by atoms with Gasteiger partial charge in [0.15, 0.2) is 6.10 Å². The molecule has 0 aliphatic rings. The molecule has 0 aliphatic carbocycles. The van der Waals surface area contributed by atoms with Crippen molar-refractivity contribution in [1.82, 2.24) is 0 Å². The molecule has 0 bridgehead atoms. The minimum absolute atomic E-state index is 0.0285. The molecular weight excluding hydrogens is 774 g/mol. The zero-order valence-electron chi connectivity index (χ0n) is 39.4. The number of rotatable bonds is 44. The highest BCUT2D eigenvalue weighted by atomic mass is 31.2. The number of ether oxygens (including phenoxy) is 2. The van der Waals surface area contributed by atoms with Crippen molar-refractivity contribution < 1.29 is 42.1 Å². The Bertz CT molecular complexity index is 1160. The Morgan fingerprint density at radius 1 is 0.517 bits per heavy atom. The molecule has 0 aliphatic heterocycles. The maximum Gasteiger partial charge on any atom is 0.472 e. The van der Waals surface area contributed by atoms with E-state index in [1.165, 1.54) is 96.3 Å². The van der Waals surface area contributed by atoms with Gasteiger partial charge in [0.05, 0.1) is 27.7 Å². The molecule has 9 nitrogen and oxygen atoms in total. The molecule has 0 fully saturated rings. The van der Waals surface area contributed by atoms with Gasteiger partial charge in [0.25, 0.3) is 0 Å². The van der Waals surface area contributed by atoms with E-state index in [-0.39, 0.29) is 32.0 Å². The topological polar surface area (TPSA) is 108 Å². The molecule has 0 aromatic rings. The van der Waals surface area contributed by atoms with Gasteiger partial charge < -0.3 is 18.9 Å². The fraction of sp³-hybridized carbons (Fsp3) is 0.800. The summed E-state index contributed by atoms with van der Waals surface area (Å²) in [5, 5.41) is 0. The van der Waals surface area contributed by atoms with Crippen LogP contribution < -0.4 is 0 Å². The number of unbranched alkanes of at least 4 members (excludes halogenated alkanes) is 22. The first-order chi connectivity index (χ1) is 29.0. The van der Waals surface area contributed by atoms with Gasteiger partial charge in [-0.15, -0.1) is 0 Å². The number of hydrogen-bond acceptors (Lipinski definition) is 7. The summed E-state index contributed by atoms with van der Waals surface area (Å²) in [6.07, 6.45) is 50.2. The van der Waals surface area contributed by atoms with E-state index in [1.54, 1.807) is 0 Å². The SMILES string of the molecule is CCCC/C=C\CCCCCCCC(=O)OCC(COP(=O)(O)OCC[N+](C)(C)C)OC(=O)CCCCCCCCCCCC/C=C\C/C=C\C/C=C\CCCCCCC. The fourth-order valence-corrected chi connectivity index (χ4v) is 7.21. The zero-order valence-corrected chi connectivity index (χ0v) is 40.3. The van der Waals surface area contributed by atoms with Crippen molar-refractivity contribution in [2.45, 2.75) is 213 Å². The average Bonchev–Trinajstić information content (AvgIpc) is 3.20. The molecule has 0 spiro atoms. The van der Waals surface area contributed by atoms with Gasteiger partial charge in [-0.3, -0.25) is 18.6 Å². The number of likely N-dealkylation sites (N-methyl/N-ethyl adjacent to an activating group) is 1. The largest absolute Gasteiger partial charge is 0.472 e. The number of quaternary nitrogens is 1. The summed E-state index contributed by atoms with van der Waals surface area (Å²) in [4.78, 5) is 35.4. The number of hydrogen-bond donors (Lipinski definition) is 1. The van der Waals surface area contributed by atoms with Crippen LogP contribution in [0, 0.1) is 0 Å². The minimum Gasteiger partial charge on any atom is -0.462 e. The van der Waals surface area contributed by atoms with Crippen molar-refractivity contribution in [1.29, 1.82) is 0 Å². The standard InChI is InChI=1S/C50H92NO8P/c1-6-8-10-12-14-16-18-19-20-21-22-23-24-25-26-27-28-29-30-31-33-35-37-39-41-43-50(53)59-48(47-58-60(54,55)57-45-44-51(3,4)5)46-56-49(52)42-40-38-36-34-32-17-15-13-11-9-7-2/h13,15,18-19,21-22,24-25,48H,6-12,14,16-17,20,23,26-47H2,1-5H3/p+1/b15-13-,19-18-,22-21-,25-24-. The third-order valence-corrected chi connectivity index (χ3v) is 11.3. The molecule has 0 amide bonds. The van der Waals surface area contributed by atoms with Crippen LogP contribution in [0.15, 0.2) is 48.6 Å². The molecule has 0 aromatic carbocycles. The molecule has 2 atom stereocenters. The molecule has 60 heavy (non-hydrogen) atoms. The second-order valence-corrected chi connectivity index (χ2v) is 18.9. The van der Waals surface area contributed by atoms with E-state index >= 15 is 0 Å². The first kappa shape index (κ1) is 58.0. The second kappa shape index (κ2) is 42.3. The summed E-state index contributed by atoms with van der Waals surface area (Å²) >= 11 is 0. The highest BCUT2D eigenvalue weighted by Crippen LogP contribution is 2.43. The van der Waals surface area contributed by atoms with Crippen molar-refractivity contribution in [3.8, 4) is 0 Å². The van der Waals surface area contributed by atoms with Gasteiger partial charge in [0.2, 0.25) is 0 Å². The second-order valence-electron chi connectivity index (χ2n) is 17.5. The zero-order chi connectivity index (χ0) is 44.3. The van der Waals surface area contributed by atoms with Crippen LogP contribution in [0.3, 0.4) is 0 Å². The fourth-order valence-electron chi connectivity index (χ4n) is 6.47. The van der Waals surface area contributed by atoms with Gasteiger partial charge in [-0.05, 0) is 70.6 Å². The quantitative estimate of drug-likeness (QED) is 0.0212. The van der Waals surface area contributed by atoms with E-state index in [4.69, 9.17) is 18.5 Å². The van der Waals surface area contributed by atoms with Crippen molar-refractivity contribution in [3.63, 3.8) is 0 Å². The Morgan fingerprint density at radius 2 is 0.917 bits per heavy atom. The monoisotopic (exact) mass is 867 g/mol.